The second kappa shape index (κ2) is 14.6. The van der Waals surface area contributed by atoms with Gasteiger partial charge in [-0.1, -0.05) is 37.1 Å². The zero-order chi connectivity index (χ0) is 32.1. The number of amides is 2. The van der Waals surface area contributed by atoms with Crippen molar-refractivity contribution >= 4 is 22.7 Å². The van der Waals surface area contributed by atoms with Crippen molar-refractivity contribution in [3.63, 3.8) is 0 Å². The SMILES string of the molecule is COc1ccc2c3c([nH]c2c1)C(CO)N(Cc1ccc(CCNC(=O)CCCCCN)cc1)CC31CCN(C(=O)C2CCC2)CC1. The van der Waals surface area contributed by atoms with E-state index in [-0.39, 0.29) is 29.9 Å². The molecular formula is C37H51N5O4. The molecule has 0 bridgehead atoms. The lowest BCUT2D eigenvalue weighted by molar-refractivity contribution is -0.140. The maximum absolute atomic E-state index is 13.2. The van der Waals surface area contributed by atoms with Gasteiger partial charge in [-0.05, 0) is 80.3 Å². The van der Waals surface area contributed by atoms with Crippen molar-refractivity contribution in [3.05, 3.63) is 64.8 Å². The molecule has 1 spiro atoms. The second-order valence-electron chi connectivity index (χ2n) is 13.7. The van der Waals surface area contributed by atoms with E-state index in [0.717, 1.165) is 94.5 Å². The smallest absolute Gasteiger partial charge is 0.225 e. The van der Waals surface area contributed by atoms with Crippen molar-refractivity contribution in [3.8, 4) is 5.75 Å². The number of nitrogens with one attached hydrogen (secondary N) is 2. The predicted molar refractivity (Wildman–Crippen MR) is 181 cm³/mol. The summed E-state index contributed by atoms with van der Waals surface area (Å²) < 4.78 is 5.54. The molecule has 2 amide bonds. The van der Waals surface area contributed by atoms with Gasteiger partial charge >= 0.3 is 0 Å². The number of rotatable bonds is 13. The first-order chi connectivity index (χ1) is 22.4. The number of unbranched alkanes of at least 4 members (excludes halogenated alkanes) is 2. The number of nitrogens with zero attached hydrogens (tertiary/aromatic N) is 2. The van der Waals surface area contributed by atoms with Crippen LogP contribution in [0.15, 0.2) is 42.5 Å². The fraction of sp³-hybridized carbons (Fsp3) is 0.568. The quantitative estimate of drug-likeness (QED) is 0.206. The van der Waals surface area contributed by atoms with Crippen LogP contribution in [0.1, 0.15) is 86.2 Å². The van der Waals surface area contributed by atoms with E-state index in [2.05, 4.69) is 56.5 Å². The number of aromatic amines is 1. The average molecular weight is 630 g/mol. The van der Waals surface area contributed by atoms with Crippen LogP contribution in [0.2, 0.25) is 0 Å². The fourth-order valence-electron chi connectivity index (χ4n) is 7.84. The minimum Gasteiger partial charge on any atom is -0.497 e. The summed E-state index contributed by atoms with van der Waals surface area (Å²) in [6.45, 7) is 4.42. The fourth-order valence-corrected chi connectivity index (χ4v) is 7.84. The molecule has 0 radical (unpaired) electrons. The number of hydrogen-bond donors (Lipinski definition) is 4. The molecule has 46 heavy (non-hydrogen) atoms. The number of aromatic nitrogens is 1. The van der Waals surface area contributed by atoms with Gasteiger partial charge in [0.1, 0.15) is 5.75 Å². The van der Waals surface area contributed by atoms with Crippen molar-refractivity contribution in [2.24, 2.45) is 11.7 Å². The lowest BCUT2D eigenvalue weighted by Crippen LogP contribution is -2.55. The Hall–Kier alpha value is -3.40. The molecular weight excluding hydrogens is 578 g/mol. The van der Waals surface area contributed by atoms with E-state index in [1.54, 1.807) is 7.11 Å². The van der Waals surface area contributed by atoms with Crippen LogP contribution < -0.4 is 15.8 Å². The highest BCUT2D eigenvalue weighted by Gasteiger charge is 2.48. The zero-order valence-electron chi connectivity index (χ0n) is 27.4. The normalized spacial score (nSPS) is 19.6. The molecule has 3 heterocycles. The third kappa shape index (κ3) is 6.82. The lowest BCUT2D eigenvalue weighted by atomic mass is 9.68. The predicted octanol–water partition coefficient (Wildman–Crippen LogP) is 4.56. The van der Waals surface area contributed by atoms with Crippen molar-refractivity contribution in [2.45, 2.75) is 82.2 Å². The molecule has 9 heteroatoms. The number of carbonyl (C=O) groups is 2. The van der Waals surface area contributed by atoms with E-state index < -0.39 is 0 Å². The molecule has 1 aromatic heterocycles. The summed E-state index contributed by atoms with van der Waals surface area (Å²) in [7, 11) is 1.69. The Labute approximate surface area is 272 Å². The Balaban J connectivity index is 1.17. The topological polar surface area (TPSA) is 124 Å². The molecule has 2 fully saturated rings. The number of likely N-dealkylation sites (tertiary alicyclic amines) is 1. The van der Waals surface area contributed by atoms with E-state index in [0.29, 0.717) is 25.4 Å². The molecule has 3 aromatic rings. The van der Waals surface area contributed by atoms with E-state index in [4.69, 9.17) is 10.5 Å². The number of ether oxygens (including phenoxy) is 1. The van der Waals surface area contributed by atoms with E-state index >= 15 is 0 Å². The molecule has 1 saturated heterocycles. The highest BCUT2D eigenvalue weighted by atomic mass is 16.5. The van der Waals surface area contributed by atoms with Crippen LogP contribution >= 0.6 is 0 Å². The molecule has 248 valence electrons. The van der Waals surface area contributed by atoms with Crippen molar-refractivity contribution in [1.29, 1.82) is 0 Å². The monoisotopic (exact) mass is 629 g/mol. The largest absolute Gasteiger partial charge is 0.497 e. The van der Waals surface area contributed by atoms with E-state index in [1.165, 1.54) is 28.5 Å². The van der Waals surface area contributed by atoms with Gasteiger partial charge in [0, 0.05) is 73.1 Å². The number of carbonyl (C=O) groups excluding carboxylic acids is 2. The number of hydrogen-bond acceptors (Lipinski definition) is 6. The summed E-state index contributed by atoms with van der Waals surface area (Å²) in [5.74, 6) is 1.47. The lowest BCUT2D eigenvalue weighted by Gasteiger charge is -2.50. The van der Waals surface area contributed by atoms with Gasteiger partial charge in [0.25, 0.3) is 0 Å². The Morgan fingerprint density at radius 3 is 2.50 bits per heavy atom. The van der Waals surface area contributed by atoms with Gasteiger partial charge in [-0.25, -0.2) is 0 Å². The minimum atomic E-state index is -0.159. The third-order valence-electron chi connectivity index (χ3n) is 10.8. The Kier molecular flexibility index (Phi) is 10.3. The number of nitrogens with two attached hydrogens (primary N) is 1. The molecule has 9 nitrogen and oxygen atoms in total. The first-order valence-electron chi connectivity index (χ1n) is 17.3. The van der Waals surface area contributed by atoms with Gasteiger partial charge in [0.15, 0.2) is 0 Å². The maximum Gasteiger partial charge on any atom is 0.225 e. The zero-order valence-corrected chi connectivity index (χ0v) is 27.4. The summed E-state index contributed by atoms with van der Waals surface area (Å²) in [6, 6.07) is 14.7. The van der Waals surface area contributed by atoms with Gasteiger partial charge in [0.05, 0.1) is 19.8 Å². The molecule has 6 rings (SSSR count). The highest BCUT2D eigenvalue weighted by Crippen LogP contribution is 2.49. The number of piperidine rings is 1. The van der Waals surface area contributed by atoms with Crippen LogP contribution in [0.25, 0.3) is 10.9 Å². The molecule has 1 aliphatic carbocycles. The average Bonchev–Trinajstić information content (AvgIpc) is 3.43. The Morgan fingerprint density at radius 2 is 1.83 bits per heavy atom. The molecule has 2 aromatic carbocycles. The Bertz CT molecular complexity index is 1490. The molecule has 1 saturated carbocycles. The number of aliphatic hydroxyl groups is 1. The van der Waals surface area contributed by atoms with Gasteiger partial charge in [0.2, 0.25) is 11.8 Å². The van der Waals surface area contributed by atoms with Gasteiger partial charge in [-0.15, -0.1) is 0 Å². The molecule has 2 aliphatic heterocycles. The first-order valence-corrected chi connectivity index (χ1v) is 17.3. The van der Waals surface area contributed by atoms with Crippen LogP contribution in [0, 0.1) is 5.92 Å². The molecule has 1 unspecified atom stereocenters. The third-order valence-corrected chi connectivity index (χ3v) is 10.8. The minimum absolute atomic E-state index is 0.0172. The van der Waals surface area contributed by atoms with Crippen LogP contribution in [0.5, 0.6) is 5.75 Å². The van der Waals surface area contributed by atoms with Crippen molar-refractivity contribution < 1.29 is 19.4 Å². The van der Waals surface area contributed by atoms with Crippen molar-refractivity contribution in [2.75, 3.05) is 46.4 Å². The highest BCUT2D eigenvalue weighted by molar-refractivity contribution is 5.88. The number of H-pyrrole nitrogens is 1. The number of fused-ring (bicyclic) bond motifs is 4. The summed E-state index contributed by atoms with van der Waals surface area (Å²) in [6.07, 6.45) is 9.24. The summed E-state index contributed by atoms with van der Waals surface area (Å²) >= 11 is 0. The molecule has 1 atom stereocenters. The van der Waals surface area contributed by atoms with E-state index in [9.17, 15) is 14.7 Å². The van der Waals surface area contributed by atoms with Crippen LogP contribution in [0.3, 0.4) is 0 Å². The standard InChI is InChI=1S/C37H51N5O4/c1-46-29-13-14-30-31(22-29)40-35-32(24-43)42(25-37(34(30)35)16-20-41(21-17-37)36(45)28-6-5-7-28)23-27-11-9-26(10-12-27)15-19-39-33(44)8-3-2-4-18-38/h9-14,22,28,32,40,43H,2-8,15-21,23-25,38H2,1H3,(H,39,44). The molecule has 3 aliphatic rings. The maximum atomic E-state index is 13.2. The van der Waals surface area contributed by atoms with Gasteiger partial charge in [-0.2, -0.15) is 0 Å². The first kappa shape index (κ1) is 32.5. The Morgan fingerprint density at radius 1 is 1.07 bits per heavy atom. The second-order valence-corrected chi connectivity index (χ2v) is 13.7. The summed E-state index contributed by atoms with van der Waals surface area (Å²) in [5, 5.41) is 15.0. The summed E-state index contributed by atoms with van der Waals surface area (Å²) in [4.78, 5) is 33.5. The number of methoxy groups -OCH3 is 1. The van der Waals surface area contributed by atoms with Gasteiger partial charge in [-0.3, -0.25) is 14.5 Å². The van der Waals surface area contributed by atoms with E-state index in [1.807, 2.05) is 6.07 Å². The molecule has 5 N–H and O–H groups in total. The van der Waals surface area contributed by atoms with Crippen molar-refractivity contribution in [1.82, 2.24) is 20.1 Å². The van der Waals surface area contributed by atoms with Crippen LogP contribution in [-0.4, -0.2) is 78.1 Å². The number of aliphatic hydroxyl groups excluding tert-OH is 1. The summed E-state index contributed by atoms with van der Waals surface area (Å²) in [5.41, 5.74) is 11.2. The van der Waals surface area contributed by atoms with Gasteiger partial charge < -0.3 is 30.8 Å². The van der Waals surface area contributed by atoms with Crippen LogP contribution in [-0.2, 0) is 28.0 Å². The number of benzene rings is 2. The van der Waals surface area contributed by atoms with Crippen LogP contribution in [0.4, 0.5) is 0 Å².